The van der Waals surface area contributed by atoms with Crippen LogP contribution in [0.5, 0.6) is 0 Å². The van der Waals surface area contributed by atoms with Crippen molar-refractivity contribution in [3.05, 3.63) is 78.1 Å². The molecule has 0 aliphatic heterocycles. The van der Waals surface area contributed by atoms with Crippen molar-refractivity contribution < 1.29 is 13.2 Å². The third-order valence-corrected chi connectivity index (χ3v) is 6.49. The van der Waals surface area contributed by atoms with Gasteiger partial charge in [0.1, 0.15) is 0 Å². The number of anilines is 2. The van der Waals surface area contributed by atoms with Gasteiger partial charge in [-0.05, 0) is 54.8 Å². The maximum absolute atomic E-state index is 13.3. The van der Waals surface area contributed by atoms with Gasteiger partial charge in [0, 0.05) is 6.20 Å². The molecule has 0 saturated carbocycles. The molecule has 0 bridgehead atoms. The smallest absolute Gasteiger partial charge is 0.243 e. The number of carbonyl (C=O) groups is 1. The molecule has 156 valence electrons. The normalized spacial score (nSPS) is 11.3. The first-order chi connectivity index (χ1) is 14.3. The first kappa shape index (κ1) is 21.5. The first-order valence-corrected chi connectivity index (χ1v) is 11.1. The number of aromatic nitrogens is 1. The Hall–Kier alpha value is -3.19. The number of hydrogen-bond acceptors (Lipinski definition) is 5. The van der Waals surface area contributed by atoms with E-state index >= 15 is 0 Å². The van der Waals surface area contributed by atoms with Gasteiger partial charge in [-0.1, -0.05) is 37.6 Å². The van der Waals surface area contributed by atoms with Crippen LogP contribution in [0, 0.1) is 6.92 Å². The van der Waals surface area contributed by atoms with Gasteiger partial charge in [0.25, 0.3) is 0 Å². The van der Waals surface area contributed by atoms with Crippen LogP contribution in [0.2, 0.25) is 0 Å². The molecule has 1 heterocycles. The highest BCUT2D eigenvalue weighted by Crippen LogP contribution is 2.31. The van der Waals surface area contributed by atoms with Crippen molar-refractivity contribution in [2.45, 2.75) is 36.5 Å². The molecule has 30 heavy (non-hydrogen) atoms. The number of sulfone groups is 1. The second-order valence-electron chi connectivity index (χ2n) is 7.37. The third kappa shape index (κ3) is 5.04. The van der Waals surface area contributed by atoms with Gasteiger partial charge in [-0.2, -0.15) is 0 Å². The largest absolute Gasteiger partial charge is 0.375 e. The summed E-state index contributed by atoms with van der Waals surface area (Å²) in [5, 5.41) is 5.70. The van der Waals surface area contributed by atoms with Gasteiger partial charge in [-0.3, -0.25) is 9.78 Å². The van der Waals surface area contributed by atoms with Crippen molar-refractivity contribution in [1.29, 1.82) is 0 Å². The second kappa shape index (κ2) is 9.09. The van der Waals surface area contributed by atoms with Crippen molar-refractivity contribution in [1.82, 2.24) is 4.98 Å². The summed E-state index contributed by atoms with van der Waals surface area (Å²) in [5.41, 5.74) is 2.86. The minimum Gasteiger partial charge on any atom is -0.375 e. The molecule has 0 saturated heterocycles. The average molecular weight is 424 g/mol. The summed E-state index contributed by atoms with van der Waals surface area (Å²) in [6, 6.07) is 15.5. The Labute approximate surface area is 177 Å². The summed E-state index contributed by atoms with van der Waals surface area (Å²) >= 11 is 0. The molecule has 0 spiro atoms. The van der Waals surface area contributed by atoms with Crippen molar-refractivity contribution in [2.75, 3.05) is 17.2 Å². The summed E-state index contributed by atoms with van der Waals surface area (Å²) in [4.78, 5) is 16.6. The molecule has 0 atom stereocenters. The third-order valence-electron chi connectivity index (χ3n) is 4.68. The molecule has 6 nitrogen and oxygen atoms in total. The van der Waals surface area contributed by atoms with Crippen LogP contribution in [0.15, 0.2) is 76.8 Å². The first-order valence-electron chi connectivity index (χ1n) is 9.67. The Morgan fingerprint density at radius 1 is 1.07 bits per heavy atom. The van der Waals surface area contributed by atoms with E-state index < -0.39 is 9.84 Å². The van der Waals surface area contributed by atoms with Crippen molar-refractivity contribution in [3.8, 4) is 0 Å². The molecule has 0 radical (unpaired) electrons. The second-order valence-corrected chi connectivity index (χ2v) is 9.29. The zero-order valence-electron chi connectivity index (χ0n) is 17.2. The summed E-state index contributed by atoms with van der Waals surface area (Å²) in [7, 11) is -3.75. The molecular weight excluding hydrogens is 398 g/mol. The number of hydrogen-bond donors (Lipinski definition) is 2. The SMILES string of the molecule is Cc1ccc(S(=O)(=O)c2cc(C(C)C)ccc2NCC(=O)Nc2cccnc2)cc1. The lowest BCUT2D eigenvalue weighted by Gasteiger charge is -2.16. The number of carbonyl (C=O) groups excluding carboxylic acids is 1. The van der Waals surface area contributed by atoms with Crippen LogP contribution in [-0.2, 0) is 14.6 Å². The number of pyridine rings is 1. The van der Waals surface area contributed by atoms with E-state index in [4.69, 9.17) is 0 Å². The average Bonchev–Trinajstić information content (AvgIpc) is 2.73. The lowest BCUT2D eigenvalue weighted by atomic mass is 10.0. The maximum atomic E-state index is 13.3. The van der Waals surface area contributed by atoms with E-state index in [0.29, 0.717) is 11.4 Å². The highest BCUT2D eigenvalue weighted by molar-refractivity contribution is 7.91. The minimum absolute atomic E-state index is 0.0770. The molecule has 7 heteroatoms. The summed E-state index contributed by atoms with van der Waals surface area (Å²) in [6.45, 7) is 5.84. The number of amides is 1. The van der Waals surface area contributed by atoms with Crippen LogP contribution < -0.4 is 10.6 Å². The Bertz CT molecular complexity index is 1130. The van der Waals surface area contributed by atoms with Gasteiger partial charge in [0.2, 0.25) is 15.7 Å². The Kier molecular flexibility index (Phi) is 6.52. The predicted molar refractivity (Wildman–Crippen MR) is 119 cm³/mol. The fraction of sp³-hybridized carbons (Fsp3) is 0.217. The van der Waals surface area contributed by atoms with Crippen LogP contribution >= 0.6 is 0 Å². The van der Waals surface area contributed by atoms with Crippen LogP contribution in [0.25, 0.3) is 0 Å². The molecule has 0 unspecified atom stereocenters. The van der Waals surface area contributed by atoms with E-state index in [-0.39, 0.29) is 28.2 Å². The zero-order valence-corrected chi connectivity index (χ0v) is 18.0. The van der Waals surface area contributed by atoms with Gasteiger partial charge in [0.15, 0.2) is 0 Å². The summed E-state index contributed by atoms with van der Waals surface area (Å²) < 4.78 is 26.7. The molecule has 1 amide bonds. The highest BCUT2D eigenvalue weighted by atomic mass is 32.2. The Morgan fingerprint density at radius 2 is 1.80 bits per heavy atom. The van der Waals surface area contributed by atoms with Gasteiger partial charge in [-0.15, -0.1) is 0 Å². The lowest BCUT2D eigenvalue weighted by Crippen LogP contribution is -2.22. The monoisotopic (exact) mass is 423 g/mol. The molecular formula is C23H25N3O3S. The number of nitrogens with zero attached hydrogens (tertiary/aromatic N) is 1. The van der Waals surface area contributed by atoms with E-state index in [2.05, 4.69) is 15.6 Å². The standard InChI is InChI=1S/C23H25N3O3S/c1-16(2)18-8-11-21(25-15-23(27)26-19-5-4-12-24-14-19)22(13-18)30(28,29)20-9-6-17(3)7-10-20/h4-14,16,25H,15H2,1-3H3,(H,26,27). The molecule has 3 aromatic rings. The van der Waals surface area contributed by atoms with Gasteiger partial charge in [-0.25, -0.2) is 8.42 Å². The fourth-order valence-corrected chi connectivity index (χ4v) is 4.40. The van der Waals surface area contributed by atoms with E-state index in [1.54, 1.807) is 60.9 Å². The maximum Gasteiger partial charge on any atom is 0.243 e. The molecule has 2 N–H and O–H groups in total. The Morgan fingerprint density at radius 3 is 2.43 bits per heavy atom. The van der Waals surface area contributed by atoms with E-state index in [0.717, 1.165) is 11.1 Å². The highest BCUT2D eigenvalue weighted by Gasteiger charge is 2.23. The van der Waals surface area contributed by atoms with Crippen LogP contribution in [0.3, 0.4) is 0 Å². The van der Waals surface area contributed by atoms with E-state index in [1.165, 1.54) is 0 Å². The van der Waals surface area contributed by atoms with Crippen LogP contribution in [-0.4, -0.2) is 25.9 Å². The number of benzene rings is 2. The quantitative estimate of drug-likeness (QED) is 0.588. The minimum atomic E-state index is -3.75. The van der Waals surface area contributed by atoms with E-state index in [9.17, 15) is 13.2 Å². The van der Waals surface area contributed by atoms with Gasteiger partial charge < -0.3 is 10.6 Å². The van der Waals surface area contributed by atoms with Gasteiger partial charge >= 0.3 is 0 Å². The predicted octanol–water partition coefficient (Wildman–Crippen LogP) is 4.40. The van der Waals surface area contributed by atoms with Gasteiger partial charge in [0.05, 0.1) is 33.9 Å². The van der Waals surface area contributed by atoms with Crippen LogP contribution in [0.1, 0.15) is 30.9 Å². The molecule has 0 fully saturated rings. The molecule has 0 aliphatic carbocycles. The molecule has 3 rings (SSSR count). The zero-order chi connectivity index (χ0) is 21.7. The molecule has 2 aromatic carbocycles. The molecule has 1 aromatic heterocycles. The number of nitrogens with one attached hydrogen (secondary N) is 2. The number of aryl methyl sites for hydroxylation is 1. The Balaban J connectivity index is 1.89. The van der Waals surface area contributed by atoms with Crippen molar-refractivity contribution >= 4 is 27.1 Å². The summed E-state index contributed by atoms with van der Waals surface area (Å²) in [6.07, 6.45) is 3.16. The lowest BCUT2D eigenvalue weighted by molar-refractivity contribution is -0.114. The van der Waals surface area contributed by atoms with Crippen LogP contribution in [0.4, 0.5) is 11.4 Å². The fourth-order valence-electron chi connectivity index (χ4n) is 2.93. The topological polar surface area (TPSA) is 88.2 Å². The number of rotatable bonds is 7. The van der Waals surface area contributed by atoms with Crippen molar-refractivity contribution in [3.63, 3.8) is 0 Å². The molecule has 0 aliphatic rings. The van der Waals surface area contributed by atoms with Crippen molar-refractivity contribution in [2.24, 2.45) is 0 Å². The van der Waals surface area contributed by atoms with E-state index in [1.807, 2.05) is 26.8 Å². The summed E-state index contributed by atoms with van der Waals surface area (Å²) in [5.74, 6) is -0.130.